The van der Waals surface area contributed by atoms with Gasteiger partial charge < -0.3 is 0 Å². The van der Waals surface area contributed by atoms with E-state index in [2.05, 4.69) is 4.98 Å². The van der Waals surface area contributed by atoms with Crippen molar-refractivity contribution in [2.24, 2.45) is 0 Å². The molecule has 1 aliphatic rings. The lowest BCUT2D eigenvalue weighted by Gasteiger charge is -2.15. The molecule has 0 fully saturated rings. The molecule has 0 spiro atoms. The number of fused-ring (bicyclic) bond motifs is 1. The van der Waals surface area contributed by atoms with E-state index in [0.717, 1.165) is 23.4 Å². The van der Waals surface area contributed by atoms with Gasteiger partial charge in [-0.3, -0.25) is 9.36 Å². The SMILES string of the molecule is O=c1c2c(nc(SCc3ccccc3Cl)n1-c1cccc(C(F)(F)F)c1)CCS2. The molecule has 0 amide bonds. The Labute approximate surface area is 178 Å². The molecule has 0 aliphatic carbocycles. The molecule has 2 aromatic carbocycles. The Balaban J connectivity index is 1.81. The van der Waals surface area contributed by atoms with Crippen LogP contribution in [0.1, 0.15) is 16.8 Å². The van der Waals surface area contributed by atoms with E-state index in [1.165, 1.54) is 40.2 Å². The smallest absolute Gasteiger partial charge is 0.268 e. The molecule has 29 heavy (non-hydrogen) atoms. The fraction of sp³-hybridized carbons (Fsp3) is 0.200. The van der Waals surface area contributed by atoms with Crippen LogP contribution in [0.2, 0.25) is 5.02 Å². The number of alkyl halides is 3. The zero-order chi connectivity index (χ0) is 20.6. The third-order valence-electron chi connectivity index (χ3n) is 4.41. The number of aromatic nitrogens is 2. The van der Waals surface area contributed by atoms with Gasteiger partial charge in [0.1, 0.15) is 0 Å². The van der Waals surface area contributed by atoms with E-state index in [1.807, 2.05) is 18.2 Å². The highest BCUT2D eigenvalue weighted by atomic mass is 35.5. The fourth-order valence-corrected chi connectivity index (χ4v) is 5.33. The van der Waals surface area contributed by atoms with E-state index >= 15 is 0 Å². The van der Waals surface area contributed by atoms with E-state index in [0.29, 0.717) is 32.9 Å². The molecule has 2 heterocycles. The minimum Gasteiger partial charge on any atom is -0.268 e. The van der Waals surface area contributed by atoms with E-state index in [9.17, 15) is 18.0 Å². The van der Waals surface area contributed by atoms with Crippen LogP contribution >= 0.6 is 35.1 Å². The maximum Gasteiger partial charge on any atom is 0.416 e. The first-order chi connectivity index (χ1) is 13.8. The van der Waals surface area contributed by atoms with Gasteiger partial charge in [0.25, 0.3) is 5.56 Å². The van der Waals surface area contributed by atoms with E-state index in [-0.39, 0.29) is 11.2 Å². The second-order valence-electron chi connectivity index (χ2n) is 6.34. The fourth-order valence-electron chi connectivity index (χ4n) is 3.00. The zero-order valence-electron chi connectivity index (χ0n) is 14.9. The third-order valence-corrected chi connectivity index (χ3v) is 6.88. The van der Waals surface area contributed by atoms with Crippen molar-refractivity contribution >= 4 is 35.1 Å². The number of nitrogens with zero attached hydrogens (tertiary/aromatic N) is 2. The highest BCUT2D eigenvalue weighted by Gasteiger charge is 2.31. The molecule has 9 heteroatoms. The summed E-state index contributed by atoms with van der Waals surface area (Å²) in [5.41, 5.74) is 0.564. The van der Waals surface area contributed by atoms with Crippen LogP contribution in [0, 0.1) is 0 Å². The Morgan fingerprint density at radius 1 is 1.17 bits per heavy atom. The summed E-state index contributed by atoms with van der Waals surface area (Å²) in [4.78, 5) is 18.2. The van der Waals surface area contributed by atoms with Crippen LogP contribution in [0.25, 0.3) is 5.69 Å². The highest BCUT2D eigenvalue weighted by molar-refractivity contribution is 7.99. The predicted molar refractivity (Wildman–Crippen MR) is 110 cm³/mol. The Morgan fingerprint density at radius 3 is 2.72 bits per heavy atom. The van der Waals surface area contributed by atoms with Gasteiger partial charge in [-0.1, -0.05) is 47.6 Å². The summed E-state index contributed by atoms with van der Waals surface area (Å²) in [5.74, 6) is 1.18. The van der Waals surface area contributed by atoms with E-state index in [4.69, 9.17) is 11.6 Å². The molecule has 0 N–H and O–H groups in total. The number of aryl methyl sites for hydroxylation is 1. The largest absolute Gasteiger partial charge is 0.416 e. The van der Waals surface area contributed by atoms with Crippen molar-refractivity contribution < 1.29 is 13.2 Å². The number of benzene rings is 2. The summed E-state index contributed by atoms with van der Waals surface area (Å²) < 4.78 is 40.8. The minimum atomic E-state index is -4.50. The van der Waals surface area contributed by atoms with Crippen molar-refractivity contribution in [2.45, 2.75) is 28.4 Å². The molecular formula is C20H14ClF3N2OS2. The monoisotopic (exact) mass is 454 g/mol. The number of thioether (sulfide) groups is 2. The van der Waals surface area contributed by atoms with Crippen molar-refractivity contribution in [1.82, 2.24) is 9.55 Å². The molecule has 0 saturated heterocycles. The molecule has 0 radical (unpaired) electrons. The highest BCUT2D eigenvalue weighted by Crippen LogP contribution is 2.34. The second kappa shape index (κ2) is 8.08. The summed E-state index contributed by atoms with van der Waals surface area (Å²) in [6, 6.07) is 12.1. The number of hydrogen-bond acceptors (Lipinski definition) is 4. The molecular weight excluding hydrogens is 441 g/mol. The summed E-state index contributed by atoms with van der Waals surface area (Å²) in [7, 11) is 0. The standard InChI is InChI=1S/C20H14ClF3N2OS2/c21-15-7-2-1-4-12(15)11-29-19-25-16-8-9-28-17(16)18(27)26(19)14-6-3-5-13(10-14)20(22,23)24/h1-7,10H,8-9,11H2. The van der Waals surface area contributed by atoms with Crippen molar-refractivity contribution in [1.29, 1.82) is 0 Å². The Kier molecular flexibility index (Phi) is 5.68. The van der Waals surface area contributed by atoms with E-state index in [1.54, 1.807) is 6.07 Å². The van der Waals surface area contributed by atoms with Gasteiger partial charge in [-0.05, 0) is 29.8 Å². The normalized spacial score (nSPS) is 13.5. The summed E-state index contributed by atoms with van der Waals surface area (Å²) in [6.07, 6.45) is -3.83. The van der Waals surface area contributed by atoms with Crippen LogP contribution in [0.4, 0.5) is 13.2 Å². The van der Waals surface area contributed by atoms with Gasteiger partial charge in [-0.15, -0.1) is 11.8 Å². The summed E-state index contributed by atoms with van der Waals surface area (Å²) in [6.45, 7) is 0. The van der Waals surface area contributed by atoms with Crippen LogP contribution in [-0.2, 0) is 18.3 Å². The molecule has 0 saturated carbocycles. The maximum atomic E-state index is 13.2. The Morgan fingerprint density at radius 2 is 1.97 bits per heavy atom. The molecule has 150 valence electrons. The molecule has 4 rings (SSSR count). The quantitative estimate of drug-likeness (QED) is 0.366. The van der Waals surface area contributed by atoms with E-state index < -0.39 is 11.7 Å². The van der Waals surface area contributed by atoms with Crippen LogP contribution in [-0.4, -0.2) is 15.3 Å². The Hall–Kier alpha value is -1.90. The van der Waals surface area contributed by atoms with Crippen molar-refractivity contribution in [2.75, 3.05) is 5.75 Å². The topological polar surface area (TPSA) is 34.9 Å². The van der Waals surface area contributed by atoms with Crippen LogP contribution in [0.15, 0.2) is 63.4 Å². The summed E-state index contributed by atoms with van der Waals surface area (Å²) >= 11 is 8.88. The lowest BCUT2D eigenvalue weighted by atomic mass is 10.2. The average molecular weight is 455 g/mol. The minimum absolute atomic E-state index is 0.147. The van der Waals surface area contributed by atoms with Gasteiger partial charge in [0, 0.05) is 22.9 Å². The first-order valence-corrected chi connectivity index (χ1v) is 11.0. The van der Waals surface area contributed by atoms with Gasteiger partial charge in [-0.2, -0.15) is 13.2 Å². The van der Waals surface area contributed by atoms with Crippen molar-refractivity contribution in [3.8, 4) is 5.69 Å². The maximum absolute atomic E-state index is 13.2. The van der Waals surface area contributed by atoms with Gasteiger partial charge in [-0.25, -0.2) is 4.98 Å². The number of halogens is 4. The molecule has 0 bridgehead atoms. The molecule has 1 aliphatic heterocycles. The van der Waals surface area contributed by atoms with Crippen LogP contribution in [0.5, 0.6) is 0 Å². The molecule has 0 atom stereocenters. The van der Waals surface area contributed by atoms with Gasteiger partial charge in [0.2, 0.25) is 0 Å². The first-order valence-electron chi connectivity index (χ1n) is 8.67. The second-order valence-corrected chi connectivity index (χ2v) is 8.79. The van der Waals surface area contributed by atoms with Crippen LogP contribution < -0.4 is 5.56 Å². The first kappa shape index (κ1) is 20.4. The lowest BCUT2D eigenvalue weighted by molar-refractivity contribution is -0.137. The van der Waals surface area contributed by atoms with Gasteiger partial charge >= 0.3 is 6.18 Å². The Bertz CT molecular complexity index is 1130. The zero-order valence-corrected chi connectivity index (χ0v) is 17.3. The summed E-state index contributed by atoms with van der Waals surface area (Å²) in [5, 5.41) is 0.945. The molecule has 1 aromatic heterocycles. The van der Waals surface area contributed by atoms with Crippen molar-refractivity contribution in [3.05, 3.63) is 80.7 Å². The van der Waals surface area contributed by atoms with Crippen molar-refractivity contribution in [3.63, 3.8) is 0 Å². The predicted octanol–water partition coefficient (Wildman–Crippen LogP) is 5.85. The lowest BCUT2D eigenvalue weighted by Crippen LogP contribution is -2.24. The van der Waals surface area contributed by atoms with Gasteiger partial charge in [0.15, 0.2) is 5.16 Å². The number of hydrogen-bond donors (Lipinski definition) is 0. The third kappa shape index (κ3) is 4.20. The molecule has 0 unspecified atom stereocenters. The molecule has 3 nitrogen and oxygen atoms in total. The molecule has 3 aromatic rings. The van der Waals surface area contributed by atoms with Gasteiger partial charge in [0.05, 0.1) is 21.8 Å². The van der Waals surface area contributed by atoms with Crippen LogP contribution in [0.3, 0.4) is 0 Å². The average Bonchev–Trinajstić information content (AvgIpc) is 3.16. The number of rotatable bonds is 4.